The largest absolute Gasteiger partial charge is 0.497 e. The van der Waals surface area contributed by atoms with Crippen molar-refractivity contribution in [3.05, 3.63) is 162 Å². The van der Waals surface area contributed by atoms with Crippen molar-refractivity contribution in [2.75, 3.05) is 83.5 Å². The summed E-state index contributed by atoms with van der Waals surface area (Å²) in [6.45, 7) is 7.91. The third-order valence-corrected chi connectivity index (χ3v) is 15.6. The zero-order chi connectivity index (χ0) is 52.0. The van der Waals surface area contributed by atoms with E-state index in [0.717, 1.165) is 101 Å². The Morgan fingerprint density at radius 3 is 1.41 bits per heavy atom. The Bertz CT molecular complexity index is 3540. The first kappa shape index (κ1) is 52.4. The number of aryl methyl sites for hydroxylation is 2. The Kier molecular flexibility index (Phi) is 16.6. The molecule has 0 unspecified atom stereocenters. The summed E-state index contributed by atoms with van der Waals surface area (Å²) in [4.78, 5) is 69.0. The number of halogens is 2. The summed E-state index contributed by atoms with van der Waals surface area (Å²) in [5.74, 6) is 3.28. The number of hydrogen-bond acceptors (Lipinski definition) is 13. The molecule has 388 valence electrons. The number of nitrogens with one attached hydrogen (secondary N) is 2. The second-order valence-electron chi connectivity index (χ2n) is 18.2. The number of anilines is 2. The molecule has 0 saturated carbocycles. The molecule has 2 aliphatic heterocycles. The SMILES string of the molecule is COc1cc(Cn2c(=O)c3c(nc(N4CCCNCC4)n3Cc3ccccc3I)n(C)c2=O)cc(OC)c1.COc1cccc(Cn2c(=O)c3c(nc(N4CCCNCC4)n3Cc3ccccc3I)n(C)c2=O)c1. The Morgan fingerprint density at radius 1 is 0.500 bits per heavy atom. The highest BCUT2D eigenvalue weighted by atomic mass is 127. The molecule has 0 bridgehead atoms. The number of nitrogens with zero attached hydrogens (tertiary/aromatic N) is 10. The number of methoxy groups -OCH3 is 3. The molecule has 4 aromatic heterocycles. The minimum atomic E-state index is -0.424. The minimum absolute atomic E-state index is 0.0754. The van der Waals surface area contributed by atoms with E-state index in [4.69, 9.17) is 24.2 Å². The molecule has 19 nitrogen and oxygen atoms in total. The standard InChI is InChI=1S/C27H31IN6O4.C26H29IN6O3/c1-31-24-23(25(35)34(27(31)36)16-18-13-20(37-2)15-21(14-18)38-3)33(17-19-7-4-5-8-22(19)28)26(30-24)32-11-6-9-29-10-12-32;1-30-23-22(24(34)33(26(30)35)16-18-7-5-9-20(15-18)36-2)32(17-19-8-3-4-10-21(19)27)25(29-23)31-13-6-11-28-12-14-31/h4-5,7-8,13-15,29H,6,9-12,16-17H2,1-3H3;3-5,7-10,15,28H,6,11-14,16-17H2,1-2H3. The third-order valence-electron chi connectivity index (χ3n) is 13.5. The first-order valence-electron chi connectivity index (χ1n) is 24.5. The molecule has 2 fully saturated rings. The van der Waals surface area contributed by atoms with Crippen LogP contribution in [-0.2, 0) is 40.3 Å². The van der Waals surface area contributed by atoms with E-state index in [1.165, 1.54) is 18.3 Å². The smallest absolute Gasteiger partial charge is 0.332 e. The number of ether oxygens (including phenoxy) is 3. The molecule has 74 heavy (non-hydrogen) atoms. The van der Waals surface area contributed by atoms with Crippen molar-refractivity contribution in [1.82, 2.24) is 48.0 Å². The molecule has 0 atom stereocenters. The summed E-state index contributed by atoms with van der Waals surface area (Å²) >= 11 is 4.64. The Balaban J connectivity index is 0.000000182. The van der Waals surface area contributed by atoms with Crippen molar-refractivity contribution in [1.29, 1.82) is 0 Å². The van der Waals surface area contributed by atoms with E-state index in [-0.39, 0.29) is 24.2 Å². The van der Waals surface area contributed by atoms with Crippen molar-refractivity contribution >= 4 is 79.4 Å². The lowest BCUT2D eigenvalue weighted by atomic mass is 10.2. The Labute approximate surface area is 454 Å². The van der Waals surface area contributed by atoms with Gasteiger partial charge in [-0.1, -0.05) is 48.5 Å². The van der Waals surface area contributed by atoms with E-state index >= 15 is 0 Å². The van der Waals surface area contributed by atoms with Gasteiger partial charge in [-0.15, -0.1) is 0 Å². The molecule has 4 aromatic carbocycles. The highest BCUT2D eigenvalue weighted by Crippen LogP contribution is 2.27. The van der Waals surface area contributed by atoms with E-state index in [9.17, 15) is 19.2 Å². The van der Waals surface area contributed by atoms with Crippen LogP contribution in [0.4, 0.5) is 11.9 Å². The Hall–Kier alpha value is -6.44. The van der Waals surface area contributed by atoms with E-state index in [1.807, 2.05) is 57.7 Å². The van der Waals surface area contributed by atoms with Gasteiger partial charge in [0.2, 0.25) is 11.9 Å². The fourth-order valence-electron chi connectivity index (χ4n) is 9.56. The number of benzene rings is 4. The van der Waals surface area contributed by atoms with Crippen LogP contribution < -0.4 is 57.1 Å². The maximum atomic E-state index is 14.1. The summed E-state index contributed by atoms with van der Waals surface area (Å²) in [6, 6.07) is 29.0. The number of aromatic nitrogens is 8. The molecule has 0 spiro atoms. The first-order valence-corrected chi connectivity index (χ1v) is 26.7. The summed E-state index contributed by atoms with van der Waals surface area (Å²) in [6.07, 6.45) is 1.94. The van der Waals surface area contributed by atoms with Crippen LogP contribution in [0.5, 0.6) is 17.2 Å². The van der Waals surface area contributed by atoms with E-state index in [1.54, 1.807) is 53.6 Å². The molecule has 0 amide bonds. The van der Waals surface area contributed by atoms with Gasteiger partial charge in [0.15, 0.2) is 22.3 Å². The van der Waals surface area contributed by atoms with Gasteiger partial charge in [0.1, 0.15) is 17.2 Å². The van der Waals surface area contributed by atoms with Crippen molar-refractivity contribution < 1.29 is 14.2 Å². The lowest BCUT2D eigenvalue weighted by molar-refractivity contribution is 0.393. The third kappa shape index (κ3) is 11.0. The van der Waals surface area contributed by atoms with Gasteiger partial charge in [0.25, 0.3) is 11.1 Å². The zero-order valence-electron chi connectivity index (χ0n) is 42.1. The van der Waals surface area contributed by atoms with Crippen LogP contribution >= 0.6 is 45.2 Å². The highest BCUT2D eigenvalue weighted by molar-refractivity contribution is 14.1. The molecule has 2 N–H and O–H groups in total. The molecule has 2 aliphatic rings. The maximum Gasteiger partial charge on any atom is 0.332 e. The molecule has 6 heterocycles. The van der Waals surface area contributed by atoms with Crippen molar-refractivity contribution in [2.45, 2.75) is 39.0 Å². The normalized spacial score (nSPS) is 14.1. The Morgan fingerprint density at radius 2 is 0.946 bits per heavy atom. The molecular weight excluding hydrogens is 1170 g/mol. The lowest BCUT2D eigenvalue weighted by Crippen LogP contribution is -2.40. The van der Waals surface area contributed by atoms with Crippen LogP contribution in [0.1, 0.15) is 35.1 Å². The van der Waals surface area contributed by atoms with Gasteiger partial charge in [0, 0.05) is 66.6 Å². The number of fused-ring (bicyclic) bond motifs is 2. The molecule has 0 radical (unpaired) electrons. The monoisotopic (exact) mass is 1230 g/mol. The molecule has 8 aromatic rings. The van der Waals surface area contributed by atoms with Gasteiger partial charge >= 0.3 is 11.4 Å². The molecular formula is C53H60I2N12O7. The summed E-state index contributed by atoms with van der Waals surface area (Å²) in [5, 5.41) is 6.85. The van der Waals surface area contributed by atoms with Crippen LogP contribution in [0, 0.1) is 7.14 Å². The van der Waals surface area contributed by atoms with E-state index in [0.29, 0.717) is 58.6 Å². The molecule has 2 saturated heterocycles. The summed E-state index contributed by atoms with van der Waals surface area (Å²) in [7, 11) is 8.09. The van der Waals surface area contributed by atoms with Gasteiger partial charge in [-0.05, 0) is 130 Å². The first-order chi connectivity index (χ1) is 35.9. The van der Waals surface area contributed by atoms with E-state index in [2.05, 4.69) is 89.9 Å². The van der Waals surface area contributed by atoms with Crippen molar-refractivity contribution in [2.24, 2.45) is 14.1 Å². The van der Waals surface area contributed by atoms with Crippen LogP contribution in [0.25, 0.3) is 22.3 Å². The molecule has 10 rings (SSSR count). The summed E-state index contributed by atoms with van der Waals surface area (Å²) in [5.41, 5.74) is 3.83. The molecule has 0 aliphatic carbocycles. The van der Waals surface area contributed by atoms with Crippen molar-refractivity contribution in [3.8, 4) is 17.2 Å². The van der Waals surface area contributed by atoms with Gasteiger partial charge in [-0.2, -0.15) is 9.97 Å². The lowest BCUT2D eigenvalue weighted by Gasteiger charge is -2.22. The van der Waals surface area contributed by atoms with Gasteiger partial charge < -0.3 is 34.6 Å². The number of imidazole rings is 2. The predicted octanol–water partition coefficient (Wildman–Crippen LogP) is 4.82. The van der Waals surface area contributed by atoms with Gasteiger partial charge in [-0.3, -0.25) is 37.0 Å². The fraction of sp³-hybridized carbons (Fsp3) is 0.358. The van der Waals surface area contributed by atoms with E-state index < -0.39 is 11.4 Å². The average molecular weight is 1230 g/mol. The number of rotatable bonds is 13. The topological polar surface area (TPSA) is 182 Å². The highest BCUT2D eigenvalue weighted by Gasteiger charge is 2.27. The van der Waals surface area contributed by atoms with Crippen LogP contribution in [0.3, 0.4) is 0 Å². The minimum Gasteiger partial charge on any atom is -0.497 e. The molecule has 21 heteroatoms. The van der Waals surface area contributed by atoms with Gasteiger partial charge in [0.05, 0.1) is 47.5 Å². The average Bonchev–Trinajstić information content (AvgIpc) is 3.69. The maximum absolute atomic E-state index is 14.1. The van der Waals surface area contributed by atoms with Gasteiger partial charge in [-0.25, -0.2) is 9.59 Å². The second kappa shape index (κ2) is 23.4. The quantitative estimate of drug-likeness (QED) is 0.150. The second-order valence-corrected chi connectivity index (χ2v) is 20.6. The van der Waals surface area contributed by atoms with Crippen molar-refractivity contribution in [3.63, 3.8) is 0 Å². The van der Waals surface area contributed by atoms with Crippen LogP contribution in [0.2, 0.25) is 0 Å². The van der Waals surface area contributed by atoms with Crippen LogP contribution in [0.15, 0.2) is 110 Å². The predicted molar refractivity (Wildman–Crippen MR) is 305 cm³/mol. The van der Waals surface area contributed by atoms with Crippen LogP contribution in [-0.4, -0.2) is 111 Å². The zero-order valence-corrected chi connectivity index (χ0v) is 46.5. The number of hydrogen-bond donors (Lipinski definition) is 2. The summed E-state index contributed by atoms with van der Waals surface area (Å²) < 4.78 is 27.8. The fourth-order valence-corrected chi connectivity index (χ4v) is 10.7.